The van der Waals surface area contributed by atoms with E-state index in [1.165, 1.54) is 17.5 Å². The monoisotopic (exact) mass is 315 g/mol. The van der Waals surface area contributed by atoms with Gasteiger partial charge in [-0.25, -0.2) is 10.4 Å². The Kier molecular flexibility index (Phi) is 3.22. The van der Waals surface area contributed by atoms with Crippen molar-refractivity contribution in [1.29, 1.82) is 0 Å². The number of pyridine rings is 1. The number of anilines is 3. The van der Waals surface area contributed by atoms with Crippen molar-refractivity contribution in [2.45, 2.75) is 32.4 Å². The van der Waals surface area contributed by atoms with Crippen molar-refractivity contribution in [2.75, 3.05) is 10.7 Å². The molecule has 1 aromatic carbocycles. The minimum Gasteiger partial charge on any atom is -0.340 e. The Morgan fingerprint density at radius 1 is 1.36 bits per heavy atom. The predicted molar refractivity (Wildman–Crippen MR) is 89.4 cm³/mol. The lowest BCUT2D eigenvalue weighted by Crippen LogP contribution is -2.25. The van der Waals surface area contributed by atoms with E-state index in [-0.39, 0.29) is 6.17 Å². The number of benzene rings is 1. The van der Waals surface area contributed by atoms with Gasteiger partial charge >= 0.3 is 0 Å². The van der Waals surface area contributed by atoms with Gasteiger partial charge in [-0.05, 0) is 43.4 Å². The molecule has 114 valence electrons. The number of hydrogen-bond acceptors (Lipinski definition) is 5. The van der Waals surface area contributed by atoms with Gasteiger partial charge < -0.3 is 16.5 Å². The highest BCUT2D eigenvalue weighted by atomic mass is 35.5. The number of rotatable bonds is 2. The van der Waals surface area contributed by atoms with Gasteiger partial charge in [0.25, 0.3) is 0 Å². The first-order chi connectivity index (χ1) is 10.6. The first kappa shape index (κ1) is 13.8. The highest BCUT2D eigenvalue weighted by Crippen LogP contribution is 2.38. The Bertz CT molecular complexity index is 759. The van der Waals surface area contributed by atoms with Crippen molar-refractivity contribution >= 4 is 28.9 Å². The molecule has 5 nitrogen and oxygen atoms in total. The topological polar surface area (TPSA) is 75.0 Å². The number of aromatic nitrogens is 1. The Morgan fingerprint density at radius 3 is 3.09 bits per heavy atom. The zero-order valence-electron chi connectivity index (χ0n) is 12.3. The number of nitrogens with one attached hydrogen (secondary N) is 3. The first-order valence-electron chi connectivity index (χ1n) is 7.50. The normalized spacial score (nSPS) is 18.8. The van der Waals surface area contributed by atoms with Crippen molar-refractivity contribution in [3.63, 3.8) is 0 Å². The van der Waals surface area contributed by atoms with Gasteiger partial charge in [-0.3, -0.25) is 0 Å². The molecule has 0 fully saturated rings. The van der Waals surface area contributed by atoms with Crippen molar-refractivity contribution in [3.8, 4) is 0 Å². The van der Waals surface area contributed by atoms with Crippen LogP contribution >= 0.6 is 11.6 Å². The van der Waals surface area contributed by atoms with Crippen LogP contribution in [-0.2, 0) is 12.8 Å². The highest BCUT2D eigenvalue weighted by molar-refractivity contribution is 6.33. The average Bonchev–Trinajstić information content (AvgIpc) is 3.12. The molecule has 2 aromatic rings. The van der Waals surface area contributed by atoms with Crippen LogP contribution in [0.5, 0.6) is 0 Å². The van der Waals surface area contributed by atoms with Crippen LogP contribution in [-0.4, -0.2) is 4.98 Å². The number of hydrogen-bond donors (Lipinski definition) is 4. The van der Waals surface area contributed by atoms with Crippen LogP contribution in [0.1, 0.15) is 34.8 Å². The molecule has 0 bridgehead atoms. The second kappa shape index (κ2) is 5.12. The van der Waals surface area contributed by atoms with Crippen LogP contribution in [0.4, 0.5) is 17.3 Å². The number of nitrogens with zero attached hydrogens (tertiary/aromatic N) is 1. The van der Waals surface area contributed by atoms with E-state index in [1.54, 1.807) is 0 Å². The van der Waals surface area contributed by atoms with E-state index in [0.29, 0.717) is 10.8 Å². The van der Waals surface area contributed by atoms with E-state index in [1.807, 2.05) is 6.92 Å². The van der Waals surface area contributed by atoms with E-state index in [9.17, 15) is 0 Å². The summed E-state index contributed by atoms with van der Waals surface area (Å²) in [4.78, 5) is 4.64. The molecule has 1 aromatic heterocycles. The molecule has 0 saturated carbocycles. The van der Waals surface area contributed by atoms with Gasteiger partial charge in [0.05, 0.1) is 5.02 Å². The van der Waals surface area contributed by atoms with E-state index in [2.05, 4.69) is 39.4 Å². The Labute approximate surface area is 134 Å². The maximum atomic E-state index is 6.48. The molecule has 2 aliphatic rings. The summed E-state index contributed by atoms with van der Waals surface area (Å²) in [5.74, 6) is 1.46. The lowest BCUT2D eigenvalue weighted by molar-refractivity contribution is 0.655. The fraction of sp³-hybridized carbons (Fsp3) is 0.312. The molecule has 0 amide bonds. The quantitative estimate of drug-likeness (QED) is 0.685. The van der Waals surface area contributed by atoms with Gasteiger partial charge in [0.1, 0.15) is 17.8 Å². The number of aryl methyl sites for hydroxylation is 1. The summed E-state index contributed by atoms with van der Waals surface area (Å²) in [7, 11) is 0. The third kappa shape index (κ3) is 2.05. The maximum absolute atomic E-state index is 6.48. The van der Waals surface area contributed by atoms with Crippen LogP contribution < -0.4 is 21.9 Å². The molecule has 1 aliphatic heterocycles. The summed E-state index contributed by atoms with van der Waals surface area (Å²) >= 11 is 6.48. The minimum atomic E-state index is -0.330. The summed E-state index contributed by atoms with van der Waals surface area (Å²) < 4.78 is 0. The number of hydrazine groups is 1. The summed E-state index contributed by atoms with van der Waals surface area (Å²) in [6.07, 6.45) is 3.15. The van der Waals surface area contributed by atoms with E-state index >= 15 is 0 Å². The van der Waals surface area contributed by atoms with Crippen molar-refractivity contribution in [1.82, 2.24) is 10.4 Å². The first-order valence-corrected chi connectivity index (χ1v) is 7.88. The van der Waals surface area contributed by atoms with Gasteiger partial charge in [-0.2, -0.15) is 0 Å². The second-order valence-corrected chi connectivity index (χ2v) is 6.21. The lowest BCUT2D eigenvalue weighted by atomic mass is 10.1. The molecule has 0 radical (unpaired) electrons. The summed E-state index contributed by atoms with van der Waals surface area (Å²) in [6.45, 7) is 1.96. The highest BCUT2D eigenvalue weighted by Gasteiger charge is 2.26. The van der Waals surface area contributed by atoms with Gasteiger partial charge in [0.15, 0.2) is 0 Å². The predicted octanol–water partition coefficient (Wildman–Crippen LogP) is 3.16. The third-order valence-electron chi connectivity index (χ3n) is 4.46. The smallest absolute Gasteiger partial charge is 0.150 e. The fourth-order valence-electron chi connectivity index (χ4n) is 3.25. The molecule has 1 unspecified atom stereocenters. The van der Waals surface area contributed by atoms with Crippen LogP contribution in [0.25, 0.3) is 0 Å². The van der Waals surface area contributed by atoms with Crippen LogP contribution in [0.15, 0.2) is 18.2 Å². The van der Waals surface area contributed by atoms with Gasteiger partial charge in [0, 0.05) is 16.8 Å². The fourth-order valence-corrected chi connectivity index (χ4v) is 3.55. The van der Waals surface area contributed by atoms with Gasteiger partial charge in [-0.15, -0.1) is 0 Å². The molecular formula is C16H18ClN5. The van der Waals surface area contributed by atoms with Crippen molar-refractivity contribution < 1.29 is 0 Å². The zero-order valence-corrected chi connectivity index (χ0v) is 13.1. The van der Waals surface area contributed by atoms with Gasteiger partial charge in [-0.1, -0.05) is 23.7 Å². The molecule has 1 aliphatic carbocycles. The van der Waals surface area contributed by atoms with E-state index in [4.69, 9.17) is 17.3 Å². The van der Waals surface area contributed by atoms with Crippen molar-refractivity contribution in [2.24, 2.45) is 5.73 Å². The van der Waals surface area contributed by atoms with Crippen LogP contribution in [0, 0.1) is 6.92 Å². The molecule has 0 spiro atoms. The molecule has 22 heavy (non-hydrogen) atoms. The third-order valence-corrected chi connectivity index (χ3v) is 4.94. The SMILES string of the molecule is Cc1c(Nc2cccc3c2CCC3)nc2c(c1Cl)C(N)NN2. The van der Waals surface area contributed by atoms with Crippen LogP contribution in [0.2, 0.25) is 5.02 Å². The standard InChI is InChI=1S/C16H18ClN5/c1-8-13(17)12-14(18)21-22-16(12)20-15(8)19-11-7-3-5-9-4-2-6-10(9)11/h3,5,7,14,21H,2,4,6,18H2,1H3,(H2,19,20,22). The summed E-state index contributed by atoms with van der Waals surface area (Å²) in [5.41, 5.74) is 17.6. The van der Waals surface area contributed by atoms with Gasteiger partial charge in [0.2, 0.25) is 0 Å². The Balaban J connectivity index is 1.76. The average molecular weight is 316 g/mol. The Hall–Kier alpha value is -1.82. The molecule has 5 N–H and O–H groups in total. The number of halogens is 1. The van der Waals surface area contributed by atoms with Crippen molar-refractivity contribution in [3.05, 3.63) is 45.5 Å². The molecule has 2 heterocycles. The lowest BCUT2D eigenvalue weighted by Gasteiger charge is -2.15. The van der Waals surface area contributed by atoms with E-state index in [0.717, 1.165) is 35.5 Å². The number of nitrogens with two attached hydrogens (primary N) is 1. The maximum Gasteiger partial charge on any atom is 0.150 e. The Morgan fingerprint density at radius 2 is 2.23 bits per heavy atom. The minimum absolute atomic E-state index is 0.330. The largest absolute Gasteiger partial charge is 0.340 e. The van der Waals surface area contributed by atoms with Crippen LogP contribution in [0.3, 0.4) is 0 Å². The summed E-state index contributed by atoms with van der Waals surface area (Å²) in [6, 6.07) is 6.39. The molecule has 6 heteroatoms. The van der Waals surface area contributed by atoms with E-state index < -0.39 is 0 Å². The molecule has 4 rings (SSSR count). The second-order valence-electron chi connectivity index (χ2n) is 5.83. The number of fused-ring (bicyclic) bond motifs is 2. The molecular weight excluding hydrogens is 298 g/mol. The molecule has 1 atom stereocenters. The summed E-state index contributed by atoms with van der Waals surface area (Å²) in [5, 5.41) is 4.11. The zero-order chi connectivity index (χ0) is 15.3. The molecule has 0 saturated heterocycles.